The number of carbonyl (C=O) groups excluding carboxylic acids is 1. The van der Waals surface area contributed by atoms with E-state index >= 15 is 0 Å². The number of halogens is 3. The fraction of sp³-hybridized carbons (Fsp3) is 0.231. The Morgan fingerprint density at radius 3 is 2.62 bits per heavy atom. The molecule has 2 aromatic rings. The molecule has 0 atom stereocenters. The van der Waals surface area contributed by atoms with Crippen molar-refractivity contribution in [3.8, 4) is 0 Å². The standard InChI is InChI=1S/C13H11Cl3N2O2S/c1-20-11(19)3-2-8-6-21-13(17-8)18-12-9(15)4-7(14)5-10(12)16/h4-6H,2-3H2,1H3,(H,17,18). The Morgan fingerprint density at radius 1 is 1.33 bits per heavy atom. The fourth-order valence-electron chi connectivity index (χ4n) is 1.58. The van der Waals surface area contributed by atoms with E-state index in [0.717, 1.165) is 5.69 Å². The van der Waals surface area contributed by atoms with Crippen LogP contribution in [0, 0.1) is 0 Å². The van der Waals surface area contributed by atoms with E-state index in [1.165, 1.54) is 18.4 Å². The van der Waals surface area contributed by atoms with Crippen molar-refractivity contribution in [2.45, 2.75) is 12.8 Å². The fourth-order valence-corrected chi connectivity index (χ4v) is 3.24. The van der Waals surface area contributed by atoms with Gasteiger partial charge in [-0.05, 0) is 12.1 Å². The molecular weight excluding hydrogens is 355 g/mol. The van der Waals surface area contributed by atoms with Crippen LogP contribution >= 0.6 is 46.1 Å². The second-order valence-corrected chi connectivity index (χ2v) is 6.20. The van der Waals surface area contributed by atoms with E-state index in [0.29, 0.717) is 38.7 Å². The van der Waals surface area contributed by atoms with Crippen molar-refractivity contribution in [2.24, 2.45) is 0 Å². The predicted molar refractivity (Wildman–Crippen MR) is 87.2 cm³/mol. The van der Waals surface area contributed by atoms with Crippen molar-refractivity contribution in [1.29, 1.82) is 0 Å². The number of hydrogen-bond donors (Lipinski definition) is 1. The van der Waals surface area contributed by atoms with Gasteiger partial charge in [-0.3, -0.25) is 4.79 Å². The summed E-state index contributed by atoms with van der Waals surface area (Å²) in [5.74, 6) is -0.263. The molecule has 0 aliphatic rings. The Balaban J connectivity index is 2.08. The molecule has 1 aromatic heterocycles. The van der Waals surface area contributed by atoms with Gasteiger partial charge in [-0.2, -0.15) is 0 Å². The van der Waals surface area contributed by atoms with Gasteiger partial charge in [0.2, 0.25) is 0 Å². The Kier molecular flexibility index (Phi) is 5.70. The number of anilines is 2. The van der Waals surface area contributed by atoms with Crippen LogP contribution in [0.3, 0.4) is 0 Å². The van der Waals surface area contributed by atoms with Gasteiger partial charge in [-0.15, -0.1) is 11.3 Å². The molecular formula is C13H11Cl3N2O2S. The van der Waals surface area contributed by atoms with E-state index in [9.17, 15) is 4.79 Å². The molecule has 8 heteroatoms. The molecule has 0 aliphatic carbocycles. The summed E-state index contributed by atoms with van der Waals surface area (Å²) in [4.78, 5) is 15.5. The maximum atomic E-state index is 11.1. The van der Waals surface area contributed by atoms with Crippen LogP contribution in [-0.2, 0) is 16.0 Å². The molecule has 1 heterocycles. The first-order valence-electron chi connectivity index (χ1n) is 5.92. The number of carbonyl (C=O) groups is 1. The monoisotopic (exact) mass is 364 g/mol. The molecule has 0 saturated heterocycles. The maximum absolute atomic E-state index is 11.1. The topological polar surface area (TPSA) is 51.2 Å². The summed E-state index contributed by atoms with van der Waals surface area (Å²) in [5, 5.41) is 6.86. The molecule has 1 aromatic carbocycles. The highest BCUT2D eigenvalue weighted by atomic mass is 35.5. The Morgan fingerprint density at radius 2 is 2.00 bits per heavy atom. The van der Waals surface area contributed by atoms with E-state index in [4.69, 9.17) is 34.8 Å². The molecule has 21 heavy (non-hydrogen) atoms. The van der Waals surface area contributed by atoms with E-state index in [2.05, 4.69) is 15.0 Å². The van der Waals surface area contributed by atoms with Crippen LogP contribution in [0.2, 0.25) is 15.1 Å². The van der Waals surface area contributed by atoms with E-state index in [1.807, 2.05) is 5.38 Å². The van der Waals surface area contributed by atoms with Crippen LogP contribution in [0.4, 0.5) is 10.8 Å². The lowest BCUT2D eigenvalue weighted by atomic mass is 10.2. The quantitative estimate of drug-likeness (QED) is 0.761. The second-order valence-electron chi connectivity index (χ2n) is 4.09. The highest BCUT2D eigenvalue weighted by molar-refractivity contribution is 7.13. The predicted octanol–water partition coefficient (Wildman–Crippen LogP) is 4.95. The largest absolute Gasteiger partial charge is 0.469 e. The maximum Gasteiger partial charge on any atom is 0.305 e. The van der Waals surface area contributed by atoms with Crippen molar-refractivity contribution in [1.82, 2.24) is 4.98 Å². The molecule has 0 radical (unpaired) electrons. The highest BCUT2D eigenvalue weighted by Gasteiger charge is 2.11. The number of rotatable bonds is 5. The number of nitrogens with one attached hydrogen (secondary N) is 1. The molecule has 0 saturated carbocycles. The van der Waals surface area contributed by atoms with Crippen LogP contribution in [0.15, 0.2) is 17.5 Å². The second kappa shape index (κ2) is 7.31. The molecule has 0 amide bonds. The normalized spacial score (nSPS) is 10.5. The molecule has 0 unspecified atom stereocenters. The Labute approximate surface area is 141 Å². The van der Waals surface area contributed by atoms with Crippen molar-refractivity contribution in [3.63, 3.8) is 0 Å². The Hall–Kier alpha value is -1.01. The van der Waals surface area contributed by atoms with Crippen molar-refractivity contribution in [3.05, 3.63) is 38.3 Å². The van der Waals surface area contributed by atoms with E-state index < -0.39 is 0 Å². The summed E-state index contributed by atoms with van der Waals surface area (Å²) in [6, 6.07) is 3.20. The van der Waals surface area contributed by atoms with Gasteiger partial charge in [-0.25, -0.2) is 4.98 Å². The first-order valence-corrected chi connectivity index (χ1v) is 7.93. The van der Waals surface area contributed by atoms with Crippen LogP contribution in [0.25, 0.3) is 0 Å². The van der Waals surface area contributed by atoms with Gasteiger partial charge >= 0.3 is 5.97 Å². The smallest absolute Gasteiger partial charge is 0.305 e. The molecule has 0 spiro atoms. The zero-order valence-corrected chi connectivity index (χ0v) is 14.0. The first-order chi connectivity index (χ1) is 9.99. The number of thiazole rings is 1. The minimum absolute atomic E-state index is 0.263. The van der Waals surface area contributed by atoms with Gasteiger partial charge in [0.1, 0.15) is 0 Å². The SMILES string of the molecule is COC(=O)CCc1csc(Nc2c(Cl)cc(Cl)cc2Cl)n1. The highest BCUT2D eigenvalue weighted by Crippen LogP contribution is 2.36. The number of methoxy groups -OCH3 is 1. The zero-order chi connectivity index (χ0) is 15.4. The number of benzene rings is 1. The van der Waals surface area contributed by atoms with Crippen LogP contribution in [0.1, 0.15) is 12.1 Å². The number of nitrogens with zero attached hydrogens (tertiary/aromatic N) is 1. The summed E-state index contributed by atoms with van der Waals surface area (Å²) >= 11 is 19.5. The molecule has 2 rings (SSSR count). The zero-order valence-electron chi connectivity index (χ0n) is 11.0. The van der Waals surface area contributed by atoms with Gasteiger partial charge in [0.25, 0.3) is 0 Å². The Bertz CT molecular complexity index is 638. The lowest BCUT2D eigenvalue weighted by Crippen LogP contribution is -2.02. The summed E-state index contributed by atoms with van der Waals surface area (Å²) in [6.07, 6.45) is 0.815. The van der Waals surface area contributed by atoms with Gasteiger partial charge in [-0.1, -0.05) is 34.8 Å². The minimum atomic E-state index is -0.263. The third-order valence-electron chi connectivity index (χ3n) is 2.60. The molecule has 0 fully saturated rings. The van der Waals surface area contributed by atoms with Crippen molar-refractivity contribution in [2.75, 3.05) is 12.4 Å². The summed E-state index contributed by atoms with van der Waals surface area (Å²) in [5.41, 5.74) is 1.35. The molecule has 4 nitrogen and oxygen atoms in total. The number of aromatic nitrogens is 1. The van der Waals surface area contributed by atoms with Gasteiger partial charge in [0.15, 0.2) is 5.13 Å². The molecule has 0 bridgehead atoms. The van der Waals surface area contributed by atoms with Crippen LogP contribution in [-0.4, -0.2) is 18.1 Å². The third kappa shape index (κ3) is 4.48. The first kappa shape index (κ1) is 16.4. The van der Waals surface area contributed by atoms with Gasteiger partial charge in [0.05, 0.1) is 35.0 Å². The number of hydrogen-bond acceptors (Lipinski definition) is 5. The van der Waals surface area contributed by atoms with Crippen molar-refractivity contribution >= 4 is 62.9 Å². The summed E-state index contributed by atoms with van der Waals surface area (Å²) in [7, 11) is 1.36. The lowest BCUT2D eigenvalue weighted by molar-refractivity contribution is -0.140. The number of ether oxygens (including phenoxy) is 1. The number of aryl methyl sites for hydroxylation is 1. The average molecular weight is 366 g/mol. The molecule has 1 N–H and O–H groups in total. The van der Waals surface area contributed by atoms with E-state index in [-0.39, 0.29) is 5.97 Å². The molecule has 112 valence electrons. The average Bonchev–Trinajstić information content (AvgIpc) is 2.88. The third-order valence-corrected chi connectivity index (χ3v) is 4.22. The minimum Gasteiger partial charge on any atom is -0.469 e. The summed E-state index contributed by atoms with van der Waals surface area (Å²) < 4.78 is 4.59. The van der Waals surface area contributed by atoms with Gasteiger partial charge in [0, 0.05) is 16.8 Å². The molecule has 0 aliphatic heterocycles. The van der Waals surface area contributed by atoms with Gasteiger partial charge < -0.3 is 10.1 Å². The lowest BCUT2D eigenvalue weighted by Gasteiger charge is -2.08. The number of esters is 1. The summed E-state index contributed by atoms with van der Waals surface area (Å²) in [6.45, 7) is 0. The van der Waals surface area contributed by atoms with Crippen LogP contribution in [0.5, 0.6) is 0 Å². The van der Waals surface area contributed by atoms with Crippen molar-refractivity contribution < 1.29 is 9.53 Å². The van der Waals surface area contributed by atoms with Crippen LogP contribution < -0.4 is 5.32 Å². The van der Waals surface area contributed by atoms with E-state index in [1.54, 1.807) is 12.1 Å².